The first-order chi connectivity index (χ1) is 13.6. The summed E-state index contributed by atoms with van der Waals surface area (Å²) in [6.07, 6.45) is -7.10. The largest absolute Gasteiger partial charge is 0.488 e. The topological polar surface area (TPSA) is 35.5 Å². The molecule has 3 nitrogen and oxygen atoms in total. The molecule has 0 saturated heterocycles. The monoisotopic (exact) mass is 416 g/mol. The summed E-state index contributed by atoms with van der Waals surface area (Å²) in [5, 5.41) is 0. The van der Waals surface area contributed by atoms with Gasteiger partial charge in [-0.3, -0.25) is 4.79 Å². The summed E-state index contributed by atoms with van der Waals surface area (Å²) in [5.41, 5.74) is -0.503. The first kappa shape index (κ1) is 22.6. The van der Waals surface area contributed by atoms with Gasteiger partial charge in [0, 0.05) is 12.0 Å². The van der Waals surface area contributed by atoms with E-state index in [1.165, 1.54) is 25.1 Å². The van der Waals surface area contributed by atoms with Crippen molar-refractivity contribution in [2.24, 2.45) is 0 Å². The molecule has 0 atom stereocenters. The highest BCUT2D eigenvalue weighted by molar-refractivity contribution is 5.72. The number of rotatable bonds is 7. The van der Waals surface area contributed by atoms with E-state index in [4.69, 9.17) is 9.47 Å². The molecule has 0 fully saturated rings. The Balaban J connectivity index is 2.46. The summed E-state index contributed by atoms with van der Waals surface area (Å²) >= 11 is 0. The minimum absolute atomic E-state index is 0.0379. The number of alkyl halides is 5. The first-order valence-electron chi connectivity index (χ1n) is 9.02. The number of ether oxygens (including phenoxy) is 2. The first-order valence-corrected chi connectivity index (χ1v) is 9.02. The zero-order chi connectivity index (χ0) is 21.8. The van der Waals surface area contributed by atoms with Gasteiger partial charge in [-0.2, -0.15) is 13.2 Å². The van der Waals surface area contributed by atoms with E-state index in [2.05, 4.69) is 0 Å². The number of halogens is 5. The number of aryl methyl sites for hydroxylation is 2. The third-order valence-electron chi connectivity index (χ3n) is 4.41. The van der Waals surface area contributed by atoms with Crippen LogP contribution in [0.25, 0.3) is 0 Å². The minimum Gasteiger partial charge on any atom is -0.488 e. The summed E-state index contributed by atoms with van der Waals surface area (Å²) in [6, 6.07) is 5.81. The van der Waals surface area contributed by atoms with Gasteiger partial charge in [-0.15, -0.1) is 0 Å². The van der Waals surface area contributed by atoms with Crippen LogP contribution in [0, 0.1) is 6.92 Å². The Labute approximate surface area is 165 Å². The Morgan fingerprint density at radius 1 is 1.10 bits per heavy atom. The summed E-state index contributed by atoms with van der Waals surface area (Å²) in [7, 11) is 0. The van der Waals surface area contributed by atoms with Gasteiger partial charge in [0.1, 0.15) is 18.1 Å². The fraction of sp³-hybridized carbons (Fsp3) is 0.381. The fourth-order valence-corrected chi connectivity index (χ4v) is 2.84. The molecule has 0 unspecified atom stereocenters. The van der Waals surface area contributed by atoms with Gasteiger partial charge in [0.05, 0.1) is 11.1 Å². The second-order valence-electron chi connectivity index (χ2n) is 6.37. The standard InChI is InChI=1S/C21H21F5O3/c1-4-13-10-14(20(22)23)18(9-12(13)3)28-11-15-16(21(24,25)26)7-6-8-17(15)29-19(27)5-2/h6-10,20H,4-5,11H2,1-3H3. The maximum atomic E-state index is 13.4. The van der Waals surface area contributed by atoms with Crippen LogP contribution in [0.15, 0.2) is 30.3 Å². The quantitative estimate of drug-likeness (QED) is 0.297. The average molecular weight is 416 g/mol. The van der Waals surface area contributed by atoms with E-state index < -0.39 is 41.9 Å². The predicted molar refractivity (Wildman–Crippen MR) is 97.2 cm³/mol. The molecular weight excluding hydrogens is 395 g/mol. The average Bonchev–Trinajstić information content (AvgIpc) is 2.65. The van der Waals surface area contributed by atoms with Crippen molar-refractivity contribution in [3.05, 3.63) is 58.1 Å². The van der Waals surface area contributed by atoms with Crippen molar-refractivity contribution < 1.29 is 36.2 Å². The number of carbonyl (C=O) groups excluding carboxylic acids is 1. The molecule has 0 spiro atoms. The van der Waals surface area contributed by atoms with E-state index in [0.717, 1.165) is 12.1 Å². The Morgan fingerprint density at radius 2 is 1.79 bits per heavy atom. The highest BCUT2D eigenvalue weighted by atomic mass is 19.4. The highest BCUT2D eigenvalue weighted by Crippen LogP contribution is 2.38. The molecule has 0 bridgehead atoms. The van der Waals surface area contributed by atoms with Gasteiger partial charge in [0.15, 0.2) is 0 Å². The lowest BCUT2D eigenvalue weighted by Gasteiger charge is -2.19. The molecule has 158 valence electrons. The van der Waals surface area contributed by atoms with Crippen molar-refractivity contribution in [2.75, 3.05) is 0 Å². The maximum absolute atomic E-state index is 13.4. The van der Waals surface area contributed by atoms with Crippen LogP contribution in [0.5, 0.6) is 11.5 Å². The minimum atomic E-state index is -4.74. The summed E-state index contributed by atoms with van der Waals surface area (Å²) in [5.74, 6) is -1.24. The van der Waals surface area contributed by atoms with Gasteiger partial charge in [-0.1, -0.05) is 19.9 Å². The van der Waals surface area contributed by atoms with Crippen molar-refractivity contribution in [1.82, 2.24) is 0 Å². The molecule has 2 rings (SSSR count). The van der Waals surface area contributed by atoms with E-state index in [-0.39, 0.29) is 17.9 Å². The molecule has 8 heteroatoms. The molecule has 0 aliphatic heterocycles. The van der Waals surface area contributed by atoms with E-state index in [0.29, 0.717) is 17.5 Å². The molecule has 0 N–H and O–H groups in total. The highest BCUT2D eigenvalue weighted by Gasteiger charge is 2.35. The fourth-order valence-electron chi connectivity index (χ4n) is 2.84. The van der Waals surface area contributed by atoms with Crippen LogP contribution >= 0.6 is 0 Å². The van der Waals surface area contributed by atoms with Crippen molar-refractivity contribution >= 4 is 5.97 Å². The molecule has 0 saturated carbocycles. The SMILES string of the molecule is CCC(=O)Oc1cccc(C(F)(F)F)c1COc1cc(C)c(CC)cc1C(F)F. The Morgan fingerprint density at radius 3 is 2.34 bits per heavy atom. The molecular formula is C21H21F5O3. The molecule has 0 aliphatic rings. The van der Waals surface area contributed by atoms with Crippen molar-refractivity contribution in [2.45, 2.75) is 52.8 Å². The van der Waals surface area contributed by atoms with Crippen molar-refractivity contribution in [3.8, 4) is 11.5 Å². The third-order valence-corrected chi connectivity index (χ3v) is 4.41. The van der Waals surface area contributed by atoms with E-state index in [9.17, 15) is 26.7 Å². The molecule has 0 aliphatic carbocycles. The molecule has 29 heavy (non-hydrogen) atoms. The molecule has 0 amide bonds. The number of carbonyl (C=O) groups is 1. The third kappa shape index (κ3) is 5.46. The number of hydrogen-bond donors (Lipinski definition) is 0. The van der Waals surface area contributed by atoms with Crippen LogP contribution in [-0.2, 0) is 24.0 Å². The van der Waals surface area contributed by atoms with Gasteiger partial charge in [0.25, 0.3) is 6.43 Å². The van der Waals surface area contributed by atoms with Crippen LogP contribution in [0.4, 0.5) is 22.0 Å². The second kappa shape index (κ2) is 9.24. The maximum Gasteiger partial charge on any atom is 0.416 e. The Kier molecular flexibility index (Phi) is 7.21. The van der Waals surface area contributed by atoms with Crippen LogP contribution < -0.4 is 9.47 Å². The number of hydrogen-bond acceptors (Lipinski definition) is 3. The summed E-state index contributed by atoms with van der Waals surface area (Å²) < 4.78 is 77.5. The Hall–Kier alpha value is -2.64. The van der Waals surface area contributed by atoms with Gasteiger partial charge in [0.2, 0.25) is 0 Å². The number of benzene rings is 2. The number of esters is 1. The van der Waals surface area contributed by atoms with Gasteiger partial charge >= 0.3 is 12.1 Å². The lowest BCUT2D eigenvalue weighted by Crippen LogP contribution is -2.15. The smallest absolute Gasteiger partial charge is 0.416 e. The lowest BCUT2D eigenvalue weighted by molar-refractivity contribution is -0.140. The second-order valence-corrected chi connectivity index (χ2v) is 6.37. The summed E-state index contributed by atoms with van der Waals surface area (Å²) in [4.78, 5) is 11.6. The van der Waals surface area contributed by atoms with E-state index in [1.807, 2.05) is 6.92 Å². The van der Waals surface area contributed by atoms with Gasteiger partial charge < -0.3 is 9.47 Å². The van der Waals surface area contributed by atoms with E-state index in [1.54, 1.807) is 6.92 Å². The zero-order valence-electron chi connectivity index (χ0n) is 16.2. The molecule has 2 aromatic rings. The Bertz CT molecular complexity index is 875. The van der Waals surface area contributed by atoms with Crippen molar-refractivity contribution in [3.63, 3.8) is 0 Å². The zero-order valence-corrected chi connectivity index (χ0v) is 16.2. The van der Waals surface area contributed by atoms with Crippen LogP contribution in [0.2, 0.25) is 0 Å². The van der Waals surface area contributed by atoms with Gasteiger partial charge in [-0.05, 0) is 48.7 Å². The molecule has 0 aromatic heterocycles. The lowest BCUT2D eigenvalue weighted by atomic mass is 10.0. The summed E-state index contributed by atoms with van der Waals surface area (Å²) in [6.45, 7) is 4.33. The van der Waals surface area contributed by atoms with Gasteiger partial charge in [-0.25, -0.2) is 8.78 Å². The van der Waals surface area contributed by atoms with E-state index >= 15 is 0 Å². The van der Waals surface area contributed by atoms with Crippen LogP contribution in [0.3, 0.4) is 0 Å². The van der Waals surface area contributed by atoms with Crippen LogP contribution in [0.1, 0.15) is 54.5 Å². The van der Waals surface area contributed by atoms with Crippen molar-refractivity contribution in [1.29, 1.82) is 0 Å². The molecule has 0 heterocycles. The normalized spacial score (nSPS) is 11.6. The van der Waals surface area contributed by atoms with Crippen LogP contribution in [-0.4, -0.2) is 5.97 Å². The molecule has 0 radical (unpaired) electrons. The molecule has 2 aromatic carbocycles. The predicted octanol–water partition coefficient (Wildman–Crippen LogP) is 6.41.